The first-order valence-corrected chi connectivity index (χ1v) is 7.78. The molecule has 0 aliphatic rings. The van der Waals surface area contributed by atoms with Gasteiger partial charge in [-0.1, -0.05) is 20.3 Å². The summed E-state index contributed by atoms with van der Waals surface area (Å²) in [6.07, 6.45) is 5.14. The molecule has 0 amide bonds. The Morgan fingerprint density at radius 2 is 1.88 bits per heavy atom. The number of carboxylic acid groups (broad SMARTS) is 1. The van der Waals surface area contributed by atoms with Crippen LogP contribution in [0, 0.1) is 0 Å². The van der Waals surface area contributed by atoms with E-state index in [0.29, 0.717) is 6.42 Å². The van der Waals surface area contributed by atoms with Gasteiger partial charge in [-0.2, -0.15) is 11.8 Å². The molecule has 102 valence electrons. The molecular weight excluding hydrogens is 234 g/mol. The van der Waals surface area contributed by atoms with Gasteiger partial charge in [0.1, 0.15) is 5.54 Å². The summed E-state index contributed by atoms with van der Waals surface area (Å²) in [5, 5.41) is 12.4. The van der Waals surface area contributed by atoms with E-state index in [0.717, 1.165) is 25.1 Å². The first-order valence-electron chi connectivity index (χ1n) is 6.63. The van der Waals surface area contributed by atoms with Crippen molar-refractivity contribution in [2.75, 3.05) is 18.1 Å². The van der Waals surface area contributed by atoms with E-state index in [1.807, 2.05) is 11.8 Å². The highest BCUT2D eigenvalue weighted by Crippen LogP contribution is 2.16. The van der Waals surface area contributed by atoms with Crippen molar-refractivity contribution in [3.8, 4) is 0 Å². The Morgan fingerprint density at radius 3 is 2.41 bits per heavy atom. The van der Waals surface area contributed by atoms with Gasteiger partial charge in [-0.25, -0.2) is 0 Å². The lowest BCUT2D eigenvalue weighted by atomic mass is 9.96. The van der Waals surface area contributed by atoms with Crippen molar-refractivity contribution in [1.82, 2.24) is 5.32 Å². The molecule has 1 unspecified atom stereocenters. The van der Waals surface area contributed by atoms with Crippen molar-refractivity contribution in [2.45, 2.75) is 58.4 Å². The number of hydrogen-bond donors (Lipinski definition) is 2. The van der Waals surface area contributed by atoms with E-state index >= 15 is 0 Å². The predicted octanol–water partition coefficient (Wildman–Crippen LogP) is 3.14. The molecule has 0 saturated carbocycles. The molecule has 0 rings (SSSR count). The second-order valence-electron chi connectivity index (χ2n) is 4.63. The maximum absolute atomic E-state index is 11.2. The number of unbranched alkanes of at least 4 members (excludes halogenated alkanes) is 1. The van der Waals surface area contributed by atoms with E-state index in [4.69, 9.17) is 0 Å². The normalized spacial score (nSPS) is 14.5. The lowest BCUT2D eigenvalue weighted by molar-refractivity contribution is -0.144. The molecule has 0 aliphatic heterocycles. The summed E-state index contributed by atoms with van der Waals surface area (Å²) in [5.41, 5.74) is -0.749. The number of thioether (sulfide) groups is 1. The number of aliphatic carboxylic acids is 1. The van der Waals surface area contributed by atoms with E-state index in [2.05, 4.69) is 19.2 Å². The first kappa shape index (κ1) is 16.8. The van der Waals surface area contributed by atoms with Crippen LogP contribution in [0.15, 0.2) is 0 Å². The van der Waals surface area contributed by atoms with Crippen LogP contribution in [-0.2, 0) is 4.79 Å². The molecule has 2 N–H and O–H groups in total. The molecule has 0 spiro atoms. The van der Waals surface area contributed by atoms with Gasteiger partial charge < -0.3 is 10.4 Å². The maximum atomic E-state index is 11.2. The minimum atomic E-state index is -0.749. The number of nitrogens with one attached hydrogen (secondary N) is 1. The monoisotopic (exact) mass is 261 g/mol. The number of carbonyl (C=O) groups is 1. The molecular formula is C13H27NO2S. The van der Waals surface area contributed by atoms with Crippen LogP contribution >= 0.6 is 11.8 Å². The van der Waals surface area contributed by atoms with Gasteiger partial charge in [-0.05, 0) is 50.7 Å². The van der Waals surface area contributed by atoms with E-state index in [9.17, 15) is 9.90 Å². The van der Waals surface area contributed by atoms with Gasteiger partial charge >= 0.3 is 5.97 Å². The molecule has 0 radical (unpaired) electrons. The fraction of sp³-hybridized carbons (Fsp3) is 0.923. The van der Waals surface area contributed by atoms with Crippen molar-refractivity contribution in [3.05, 3.63) is 0 Å². The zero-order valence-electron chi connectivity index (χ0n) is 11.4. The topological polar surface area (TPSA) is 49.3 Å². The molecule has 0 heterocycles. The number of hydrogen-bond acceptors (Lipinski definition) is 3. The van der Waals surface area contributed by atoms with Crippen LogP contribution in [0.4, 0.5) is 0 Å². The third-order valence-corrected chi connectivity index (χ3v) is 4.00. The fourth-order valence-electron chi connectivity index (χ4n) is 1.55. The Kier molecular flexibility index (Phi) is 9.65. The summed E-state index contributed by atoms with van der Waals surface area (Å²) in [4.78, 5) is 11.2. The predicted molar refractivity (Wildman–Crippen MR) is 75.8 cm³/mol. The highest BCUT2D eigenvalue weighted by atomic mass is 32.2. The number of rotatable bonds is 11. The summed E-state index contributed by atoms with van der Waals surface area (Å²) in [5.74, 6) is 1.53. The summed E-state index contributed by atoms with van der Waals surface area (Å²) in [6.45, 7) is 6.81. The SMILES string of the molecule is CCCCSCCCC(C)(NCCC)C(=O)O. The molecule has 1 atom stereocenters. The Labute approximate surface area is 110 Å². The van der Waals surface area contributed by atoms with Crippen molar-refractivity contribution in [2.24, 2.45) is 0 Å². The zero-order valence-corrected chi connectivity index (χ0v) is 12.2. The van der Waals surface area contributed by atoms with E-state index in [1.165, 1.54) is 18.6 Å². The van der Waals surface area contributed by atoms with E-state index in [1.54, 1.807) is 6.92 Å². The molecule has 0 bridgehead atoms. The van der Waals surface area contributed by atoms with Crippen molar-refractivity contribution < 1.29 is 9.90 Å². The van der Waals surface area contributed by atoms with Gasteiger partial charge in [0.25, 0.3) is 0 Å². The molecule has 0 saturated heterocycles. The first-order chi connectivity index (χ1) is 8.06. The van der Waals surface area contributed by atoms with Crippen molar-refractivity contribution in [3.63, 3.8) is 0 Å². The van der Waals surface area contributed by atoms with Gasteiger partial charge in [0.15, 0.2) is 0 Å². The number of carboxylic acids is 1. The van der Waals surface area contributed by atoms with Gasteiger partial charge in [0, 0.05) is 0 Å². The van der Waals surface area contributed by atoms with Crippen LogP contribution in [0.25, 0.3) is 0 Å². The van der Waals surface area contributed by atoms with Crippen molar-refractivity contribution in [1.29, 1.82) is 0 Å². The lowest BCUT2D eigenvalue weighted by Crippen LogP contribution is -2.49. The maximum Gasteiger partial charge on any atom is 0.323 e. The quantitative estimate of drug-likeness (QED) is 0.561. The van der Waals surface area contributed by atoms with Gasteiger partial charge in [0.2, 0.25) is 0 Å². The molecule has 0 aromatic heterocycles. The third-order valence-electron chi connectivity index (χ3n) is 2.84. The van der Waals surface area contributed by atoms with Crippen LogP contribution < -0.4 is 5.32 Å². The lowest BCUT2D eigenvalue weighted by Gasteiger charge is -2.26. The van der Waals surface area contributed by atoms with Crippen LogP contribution in [0.1, 0.15) is 52.9 Å². The summed E-state index contributed by atoms with van der Waals surface area (Å²) < 4.78 is 0. The average molecular weight is 261 g/mol. The second-order valence-corrected chi connectivity index (χ2v) is 5.86. The summed E-state index contributed by atoms with van der Waals surface area (Å²) in [7, 11) is 0. The van der Waals surface area contributed by atoms with E-state index in [-0.39, 0.29) is 0 Å². The second kappa shape index (κ2) is 9.77. The van der Waals surface area contributed by atoms with Gasteiger partial charge in [0.05, 0.1) is 0 Å². The Balaban J connectivity index is 3.81. The Morgan fingerprint density at radius 1 is 1.24 bits per heavy atom. The van der Waals surface area contributed by atoms with Crippen LogP contribution in [0.2, 0.25) is 0 Å². The van der Waals surface area contributed by atoms with E-state index < -0.39 is 11.5 Å². The third kappa shape index (κ3) is 7.66. The van der Waals surface area contributed by atoms with Crippen LogP contribution in [-0.4, -0.2) is 34.7 Å². The van der Waals surface area contributed by atoms with Gasteiger partial charge in [-0.15, -0.1) is 0 Å². The largest absolute Gasteiger partial charge is 0.480 e. The molecule has 3 nitrogen and oxygen atoms in total. The molecule has 17 heavy (non-hydrogen) atoms. The van der Waals surface area contributed by atoms with Gasteiger partial charge in [-0.3, -0.25) is 4.79 Å². The molecule has 4 heteroatoms. The standard InChI is InChI=1S/C13H27NO2S/c1-4-6-10-17-11-7-8-13(3,12(15)16)14-9-5-2/h14H,4-11H2,1-3H3,(H,15,16). The molecule has 0 aliphatic carbocycles. The molecule has 0 aromatic carbocycles. The Bertz CT molecular complexity index is 212. The highest BCUT2D eigenvalue weighted by molar-refractivity contribution is 7.99. The molecule has 0 fully saturated rings. The average Bonchev–Trinajstić information content (AvgIpc) is 2.31. The smallest absolute Gasteiger partial charge is 0.323 e. The highest BCUT2D eigenvalue weighted by Gasteiger charge is 2.31. The minimum Gasteiger partial charge on any atom is -0.480 e. The van der Waals surface area contributed by atoms with Crippen molar-refractivity contribution >= 4 is 17.7 Å². The zero-order chi connectivity index (χ0) is 13.1. The fourth-order valence-corrected chi connectivity index (χ4v) is 2.59. The Hall–Kier alpha value is -0.220. The molecule has 0 aromatic rings. The van der Waals surface area contributed by atoms with Crippen LogP contribution in [0.3, 0.4) is 0 Å². The minimum absolute atomic E-state index is 0.710. The summed E-state index contributed by atoms with van der Waals surface area (Å²) in [6, 6.07) is 0. The van der Waals surface area contributed by atoms with Crippen LogP contribution in [0.5, 0.6) is 0 Å². The summed E-state index contributed by atoms with van der Waals surface area (Å²) >= 11 is 1.93.